The lowest BCUT2D eigenvalue weighted by Gasteiger charge is -2.34. The molecule has 8 aliphatic heterocycles. The standard InChI is InChI=1S/C39H29BO2.2C31H21BO2.C25H17BO2/c1-24-11-4-7-14-29(24)27-19-20-33-35(21-27)41-36-22-28(30-15-8-5-12-25(30)2)23-37-38(36)40(33)34-18-10-17-32(39(34)42-37)31-16-9-6-13-26(31)3;1-20-9-5-6-12-24(20)22-15-16-26-28(17-22)34-30-19-23(21-10-3-2-4-11-21)18-29-31(30)32(26)25-13-7-8-14-27(25)33-29;1-20-9-5-6-12-24(20)23-18-29-31-30(19-23)34-28-17-22(21-10-3-2-4-11-21)15-16-26(28)32(31)25-13-7-8-14-27(25)33-29;1-16-7-2-3-8-18(16)17-13-14-20-24(15-17)28-23-12-6-11-22-25(23)26(20)19-9-4-5-10-21(19)27-22/h4-23H,1-3H3;2*2-19H,1H3;2-15H,1H3. The predicted molar refractivity (Wildman–Crippen MR) is 568 cm³/mol. The minimum Gasteiger partial charge on any atom is -0.458 e. The monoisotopic (exact) mass is 1770 g/mol. The number of para-hydroxylation sites is 4. The van der Waals surface area contributed by atoms with E-state index in [1.807, 2.05) is 54.6 Å². The van der Waals surface area contributed by atoms with Gasteiger partial charge in [0.1, 0.15) is 92.0 Å². The summed E-state index contributed by atoms with van der Waals surface area (Å²) in [5.74, 6) is 14.3. The Morgan fingerprint density at radius 3 is 0.732 bits per heavy atom. The van der Waals surface area contributed by atoms with Crippen molar-refractivity contribution in [3.05, 3.63) is 458 Å². The van der Waals surface area contributed by atoms with Gasteiger partial charge in [-0.1, -0.05) is 334 Å². The molecule has 0 amide bonds. The molecule has 0 saturated heterocycles. The first-order valence-corrected chi connectivity index (χ1v) is 47.4. The van der Waals surface area contributed by atoms with Crippen molar-refractivity contribution in [2.24, 2.45) is 0 Å². The van der Waals surface area contributed by atoms with Crippen LogP contribution in [0.4, 0.5) is 0 Å². The maximum Gasteiger partial charge on any atom is 0.260 e. The van der Waals surface area contributed by atoms with E-state index in [4.69, 9.17) is 37.9 Å². The Hall–Kier alpha value is -16.9. The lowest BCUT2D eigenvalue weighted by atomic mass is 9.34. The van der Waals surface area contributed by atoms with Gasteiger partial charge in [-0.15, -0.1) is 0 Å². The van der Waals surface area contributed by atoms with Crippen LogP contribution in [0.25, 0.3) is 89.0 Å². The molecule has 8 heterocycles. The van der Waals surface area contributed by atoms with Gasteiger partial charge in [-0.25, -0.2) is 0 Å². The van der Waals surface area contributed by atoms with Crippen LogP contribution in [0.3, 0.4) is 0 Å². The summed E-state index contributed by atoms with van der Waals surface area (Å²) >= 11 is 0. The van der Waals surface area contributed by atoms with E-state index < -0.39 is 0 Å². The third-order valence-corrected chi connectivity index (χ3v) is 28.5. The van der Waals surface area contributed by atoms with Crippen LogP contribution in [0.5, 0.6) is 92.0 Å². The molecule has 20 aromatic carbocycles. The van der Waals surface area contributed by atoms with Crippen molar-refractivity contribution in [2.75, 3.05) is 0 Å². The molecule has 0 bridgehead atoms. The van der Waals surface area contributed by atoms with Gasteiger partial charge in [-0.2, -0.15) is 0 Å². The summed E-state index contributed by atoms with van der Waals surface area (Å²) in [6.45, 7) is 13.2. The SMILES string of the molecule is Cc1ccccc1-c1cc2c3c(c1)Oc1cc(-c4ccccc4)ccc1B3c1ccccc1O2.Cc1ccccc1-c1ccc2c(c1)Oc1cc(-c3ccccc3)cc3c1B2c1ccccc1O3.Cc1ccccc1-c1ccc2c(c1)Oc1cc(-c3ccccc3C)cc3c1B2c1cccc(-c2ccccc2C)c1O3.Cc1ccccc1-c1ccc2c(c1)Oc1cccc3c1B2c1ccccc1O3. The van der Waals surface area contributed by atoms with Crippen LogP contribution in [-0.4, -0.2) is 26.9 Å². The van der Waals surface area contributed by atoms with E-state index in [9.17, 15) is 0 Å². The van der Waals surface area contributed by atoms with Crippen LogP contribution in [0.1, 0.15) is 33.4 Å². The fourth-order valence-corrected chi connectivity index (χ4v) is 21.8. The van der Waals surface area contributed by atoms with Crippen LogP contribution in [-0.2, 0) is 0 Å². The number of rotatable bonds is 8. The van der Waals surface area contributed by atoms with Gasteiger partial charge in [0.25, 0.3) is 26.9 Å². The van der Waals surface area contributed by atoms with Crippen LogP contribution in [0.15, 0.2) is 425 Å². The molecular formula is C126H88B4O8. The molecule has 0 radical (unpaired) electrons. The van der Waals surface area contributed by atoms with Gasteiger partial charge < -0.3 is 37.9 Å². The molecule has 138 heavy (non-hydrogen) atoms. The minimum atomic E-state index is 0.00306. The summed E-state index contributed by atoms with van der Waals surface area (Å²) in [6, 6.07) is 149. The average Bonchev–Trinajstić information content (AvgIpc) is 0.715. The smallest absolute Gasteiger partial charge is 0.260 e. The molecule has 0 aliphatic carbocycles. The maximum absolute atomic E-state index is 6.91. The predicted octanol–water partition coefficient (Wildman–Crippen LogP) is 24.8. The maximum atomic E-state index is 6.91. The molecule has 20 aromatic rings. The molecule has 0 spiro atoms. The van der Waals surface area contributed by atoms with Crippen molar-refractivity contribution in [3.8, 4) is 181 Å². The third-order valence-electron chi connectivity index (χ3n) is 28.5. The van der Waals surface area contributed by atoms with E-state index in [1.165, 1.54) is 122 Å². The molecule has 8 nitrogen and oxygen atoms in total. The number of fused-ring (bicyclic) bond motifs is 16. The van der Waals surface area contributed by atoms with Gasteiger partial charge in [-0.3, -0.25) is 0 Å². The van der Waals surface area contributed by atoms with E-state index in [0.29, 0.717) is 0 Å². The number of hydrogen-bond acceptors (Lipinski definition) is 8. The van der Waals surface area contributed by atoms with Crippen LogP contribution in [0, 0.1) is 41.5 Å². The number of hydrogen-bond donors (Lipinski definition) is 0. The number of ether oxygens (including phenoxy) is 8. The zero-order chi connectivity index (χ0) is 92.3. The summed E-state index contributed by atoms with van der Waals surface area (Å²) < 4.78 is 52.4. The summed E-state index contributed by atoms with van der Waals surface area (Å²) in [4.78, 5) is 0. The van der Waals surface area contributed by atoms with E-state index in [1.54, 1.807) is 0 Å². The van der Waals surface area contributed by atoms with Crippen LogP contribution < -0.4 is 103 Å². The Labute approximate surface area is 805 Å². The highest BCUT2D eigenvalue weighted by Crippen LogP contribution is 2.48. The zero-order valence-electron chi connectivity index (χ0n) is 77.0. The first-order chi connectivity index (χ1) is 67.9. The van der Waals surface area contributed by atoms with E-state index in [2.05, 4.69) is 412 Å². The van der Waals surface area contributed by atoms with Gasteiger partial charge in [0.15, 0.2) is 0 Å². The molecule has 0 N–H and O–H groups in total. The van der Waals surface area contributed by atoms with Crippen LogP contribution in [0.2, 0.25) is 0 Å². The molecule has 652 valence electrons. The van der Waals surface area contributed by atoms with Crippen molar-refractivity contribution in [1.29, 1.82) is 0 Å². The fraction of sp³-hybridized carbons (Fsp3) is 0.0476. The molecule has 0 unspecified atom stereocenters. The Morgan fingerprint density at radius 1 is 0.130 bits per heavy atom. The summed E-state index contributed by atoms with van der Waals surface area (Å²) in [5, 5.41) is 0. The molecule has 12 heteroatoms. The summed E-state index contributed by atoms with van der Waals surface area (Å²) in [7, 11) is 0. The largest absolute Gasteiger partial charge is 0.458 e. The van der Waals surface area contributed by atoms with Gasteiger partial charge in [0.2, 0.25) is 0 Å². The Kier molecular flexibility index (Phi) is 20.6. The lowest BCUT2D eigenvalue weighted by molar-refractivity contribution is 0.464. The van der Waals surface area contributed by atoms with Crippen molar-refractivity contribution >= 4 is 92.4 Å². The Balaban J connectivity index is 0.0000000984. The molecule has 0 aromatic heterocycles. The second kappa shape index (κ2) is 34.2. The highest BCUT2D eigenvalue weighted by Gasteiger charge is 2.46. The number of benzene rings is 20. The van der Waals surface area contributed by atoms with Crippen molar-refractivity contribution in [1.82, 2.24) is 0 Å². The highest BCUT2D eigenvalue weighted by atomic mass is 16.5. The summed E-state index contributed by atoms with van der Waals surface area (Å²) in [6.07, 6.45) is 0. The lowest BCUT2D eigenvalue weighted by Crippen LogP contribution is -2.57. The van der Waals surface area contributed by atoms with E-state index in [0.717, 1.165) is 158 Å². The second-order valence-electron chi connectivity index (χ2n) is 36.8. The van der Waals surface area contributed by atoms with Crippen molar-refractivity contribution in [2.45, 2.75) is 41.5 Å². The quantitative estimate of drug-likeness (QED) is 0.139. The molecule has 0 fully saturated rings. The van der Waals surface area contributed by atoms with Gasteiger partial charge in [0, 0.05) is 27.4 Å². The molecule has 8 aliphatic rings. The fourth-order valence-electron chi connectivity index (χ4n) is 21.8. The van der Waals surface area contributed by atoms with E-state index >= 15 is 0 Å². The molecular weight excluding hydrogens is 1680 g/mol. The van der Waals surface area contributed by atoms with Crippen molar-refractivity contribution in [3.63, 3.8) is 0 Å². The van der Waals surface area contributed by atoms with Gasteiger partial charge in [-0.05, 0) is 293 Å². The zero-order valence-corrected chi connectivity index (χ0v) is 77.0. The molecule has 0 saturated carbocycles. The normalized spacial score (nSPS) is 12.7. The first kappa shape index (κ1) is 82.9. The Morgan fingerprint density at radius 2 is 0.355 bits per heavy atom. The van der Waals surface area contributed by atoms with E-state index in [-0.39, 0.29) is 26.9 Å². The van der Waals surface area contributed by atoms with Crippen LogP contribution >= 0.6 is 0 Å². The van der Waals surface area contributed by atoms with Gasteiger partial charge in [0.05, 0.1) is 0 Å². The van der Waals surface area contributed by atoms with Gasteiger partial charge >= 0.3 is 0 Å². The average molecular weight is 1770 g/mol. The Bertz CT molecular complexity index is 8350. The minimum absolute atomic E-state index is 0.00306. The summed E-state index contributed by atoms with van der Waals surface area (Å²) in [5.41, 5.74) is 39.9. The number of aryl methyl sites for hydroxylation is 6. The second-order valence-corrected chi connectivity index (χ2v) is 36.8. The highest BCUT2D eigenvalue weighted by molar-refractivity contribution is 7.00. The molecule has 28 rings (SSSR count). The molecule has 0 atom stereocenters. The van der Waals surface area contributed by atoms with Crippen molar-refractivity contribution < 1.29 is 37.9 Å². The topological polar surface area (TPSA) is 73.8 Å². The first-order valence-electron chi connectivity index (χ1n) is 47.4. The third kappa shape index (κ3) is 14.5.